The third kappa shape index (κ3) is 3.62. The van der Waals surface area contributed by atoms with Gasteiger partial charge in [-0.1, -0.05) is 12.1 Å². The van der Waals surface area contributed by atoms with Crippen LogP contribution in [0.3, 0.4) is 0 Å². The van der Waals surface area contributed by atoms with Crippen molar-refractivity contribution in [2.24, 2.45) is 0 Å². The molecule has 0 bridgehead atoms. The molecule has 0 spiro atoms. The van der Waals surface area contributed by atoms with E-state index in [1.54, 1.807) is 18.2 Å². The molecule has 0 amide bonds. The van der Waals surface area contributed by atoms with Gasteiger partial charge in [0.2, 0.25) is 5.89 Å². The summed E-state index contributed by atoms with van der Waals surface area (Å²) in [7, 11) is 0. The lowest BCUT2D eigenvalue weighted by atomic mass is 9.89. The second-order valence-electron chi connectivity index (χ2n) is 5.94. The number of hydrogen-bond donors (Lipinski definition) is 2. The first kappa shape index (κ1) is 16.2. The first-order valence-corrected chi connectivity index (χ1v) is 7.76. The molecular weight excluding hydrogens is 312 g/mol. The molecule has 1 saturated heterocycles. The Bertz CT molecular complexity index is 755. The van der Waals surface area contributed by atoms with E-state index in [4.69, 9.17) is 14.6 Å². The van der Waals surface area contributed by atoms with Gasteiger partial charge in [-0.2, -0.15) is 0 Å². The number of nitrogens with zero attached hydrogens (tertiary/aromatic N) is 2. The van der Waals surface area contributed by atoms with Crippen molar-refractivity contribution in [3.63, 3.8) is 0 Å². The molecule has 24 heavy (non-hydrogen) atoms. The summed E-state index contributed by atoms with van der Waals surface area (Å²) in [4.78, 5) is 28.1. The number of aromatic nitrogens is 1. The summed E-state index contributed by atoms with van der Waals surface area (Å²) >= 11 is 0. The lowest BCUT2D eigenvalue weighted by Gasteiger charge is -2.32. The molecule has 0 saturated carbocycles. The lowest BCUT2D eigenvalue weighted by Crippen LogP contribution is -2.34. The number of piperidine rings is 1. The van der Waals surface area contributed by atoms with Crippen LogP contribution in [0, 0.1) is 0 Å². The predicted molar refractivity (Wildman–Crippen MR) is 84.1 cm³/mol. The van der Waals surface area contributed by atoms with Gasteiger partial charge in [0.15, 0.2) is 5.69 Å². The quantitative estimate of drug-likeness (QED) is 0.867. The van der Waals surface area contributed by atoms with Gasteiger partial charge < -0.3 is 14.6 Å². The van der Waals surface area contributed by atoms with Gasteiger partial charge in [0.1, 0.15) is 6.26 Å². The SMILES string of the molecule is O=C(O)c1cccc([C@@H]2CCCN(Cc3nc(C(=O)O)co3)C2)c1. The molecule has 1 aromatic carbocycles. The van der Waals surface area contributed by atoms with Crippen LogP contribution in [0.5, 0.6) is 0 Å². The summed E-state index contributed by atoms with van der Waals surface area (Å²) in [6.07, 6.45) is 3.12. The summed E-state index contributed by atoms with van der Waals surface area (Å²) in [5, 5.41) is 18.0. The summed E-state index contributed by atoms with van der Waals surface area (Å²) in [5.74, 6) is -1.41. The molecule has 1 aromatic heterocycles. The molecule has 1 fully saturated rings. The van der Waals surface area contributed by atoms with Gasteiger partial charge in [0, 0.05) is 6.54 Å². The molecule has 7 nitrogen and oxygen atoms in total. The van der Waals surface area contributed by atoms with E-state index in [-0.39, 0.29) is 11.6 Å². The van der Waals surface area contributed by atoms with Crippen LogP contribution in [-0.2, 0) is 6.54 Å². The minimum absolute atomic E-state index is 0.0901. The molecule has 7 heteroatoms. The van der Waals surface area contributed by atoms with E-state index < -0.39 is 11.9 Å². The normalized spacial score (nSPS) is 18.4. The van der Waals surface area contributed by atoms with E-state index in [1.807, 2.05) is 6.07 Å². The third-order valence-electron chi connectivity index (χ3n) is 4.24. The van der Waals surface area contributed by atoms with Crippen LogP contribution < -0.4 is 0 Å². The molecular formula is C17H18N2O5. The van der Waals surface area contributed by atoms with E-state index in [0.717, 1.165) is 37.8 Å². The predicted octanol–water partition coefficient (Wildman–Crippen LogP) is 2.45. The number of benzene rings is 1. The number of rotatable bonds is 5. The highest BCUT2D eigenvalue weighted by molar-refractivity contribution is 5.87. The van der Waals surface area contributed by atoms with Crippen molar-refractivity contribution in [2.45, 2.75) is 25.3 Å². The van der Waals surface area contributed by atoms with Gasteiger partial charge in [-0.3, -0.25) is 4.90 Å². The molecule has 1 aliphatic heterocycles. The van der Waals surface area contributed by atoms with Crippen molar-refractivity contribution in [2.75, 3.05) is 13.1 Å². The van der Waals surface area contributed by atoms with Crippen molar-refractivity contribution in [3.05, 3.63) is 53.2 Å². The lowest BCUT2D eigenvalue weighted by molar-refractivity contribution is 0.0682. The van der Waals surface area contributed by atoms with Crippen molar-refractivity contribution >= 4 is 11.9 Å². The first-order valence-electron chi connectivity index (χ1n) is 7.76. The Morgan fingerprint density at radius 1 is 1.29 bits per heavy atom. The highest BCUT2D eigenvalue weighted by Crippen LogP contribution is 2.28. The zero-order chi connectivity index (χ0) is 17.1. The van der Waals surface area contributed by atoms with Crippen LogP contribution in [0.1, 0.15) is 51.1 Å². The molecule has 0 aliphatic carbocycles. The second-order valence-corrected chi connectivity index (χ2v) is 5.94. The maximum atomic E-state index is 11.1. The van der Waals surface area contributed by atoms with Crippen molar-refractivity contribution in [1.82, 2.24) is 9.88 Å². The van der Waals surface area contributed by atoms with Gasteiger partial charge in [-0.15, -0.1) is 0 Å². The number of oxazole rings is 1. The highest BCUT2D eigenvalue weighted by atomic mass is 16.4. The van der Waals surface area contributed by atoms with Crippen molar-refractivity contribution in [3.8, 4) is 0 Å². The fourth-order valence-electron chi connectivity index (χ4n) is 3.07. The average Bonchev–Trinajstić information content (AvgIpc) is 3.04. The number of aromatic carboxylic acids is 2. The topological polar surface area (TPSA) is 104 Å². The van der Waals surface area contributed by atoms with E-state index in [9.17, 15) is 9.59 Å². The minimum atomic E-state index is -1.10. The van der Waals surface area contributed by atoms with Gasteiger partial charge >= 0.3 is 11.9 Å². The second kappa shape index (κ2) is 6.84. The van der Waals surface area contributed by atoms with Crippen LogP contribution in [0.25, 0.3) is 0 Å². The van der Waals surface area contributed by atoms with Gasteiger partial charge in [0.05, 0.1) is 12.1 Å². The molecule has 2 N–H and O–H groups in total. The van der Waals surface area contributed by atoms with E-state index in [1.165, 1.54) is 0 Å². The fraction of sp³-hybridized carbons (Fsp3) is 0.353. The Labute approximate surface area is 138 Å². The first-order chi connectivity index (χ1) is 11.5. The highest BCUT2D eigenvalue weighted by Gasteiger charge is 2.23. The maximum absolute atomic E-state index is 11.1. The Hall–Kier alpha value is -2.67. The fourth-order valence-corrected chi connectivity index (χ4v) is 3.07. The number of hydrogen-bond acceptors (Lipinski definition) is 5. The number of carboxylic acids is 2. The maximum Gasteiger partial charge on any atom is 0.357 e. The Morgan fingerprint density at radius 3 is 2.83 bits per heavy atom. The van der Waals surface area contributed by atoms with Crippen molar-refractivity contribution in [1.29, 1.82) is 0 Å². The van der Waals surface area contributed by atoms with Crippen LogP contribution >= 0.6 is 0 Å². The van der Waals surface area contributed by atoms with Gasteiger partial charge in [-0.25, -0.2) is 14.6 Å². The molecule has 3 rings (SSSR count). The summed E-state index contributed by atoms with van der Waals surface area (Å²) in [6, 6.07) is 7.04. The summed E-state index contributed by atoms with van der Waals surface area (Å²) in [5.41, 5.74) is 1.22. The zero-order valence-electron chi connectivity index (χ0n) is 13.0. The molecule has 0 unspecified atom stereocenters. The molecule has 126 valence electrons. The monoisotopic (exact) mass is 330 g/mol. The Kier molecular flexibility index (Phi) is 4.61. The smallest absolute Gasteiger partial charge is 0.357 e. The molecule has 2 heterocycles. The van der Waals surface area contributed by atoms with E-state index in [0.29, 0.717) is 18.0 Å². The van der Waals surface area contributed by atoms with Gasteiger partial charge in [0.25, 0.3) is 0 Å². The molecule has 1 atom stereocenters. The third-order valence-corrected chi connectivity index (χ3v) is 4.24. The van der Waals surface area contributed by atoms with Gasteiger partial charge in [-0.05, 0) is 43.0 Å². The zero-order valence-corrected chi connectivity index (χ0v) is 13.0. The number of carboxylic acid groups (broad SMARTS) is 2. The molecule has 1 aliphatic rings. The van der Waals surface area contributed by atoms with Crippen LogP contribution in [0.15, 0.2) is 34.9 Å². The molecule has 2 aromatic rings. The van der Waals surface area contributed by atoms with Crippen LogP contribution in [0.2, 0.25) is 0 Å². The Balaban J connectivity index is 1.68. The van der Waals surface area contributed by atoms with Crippen LogP contribution in [0.4, 0.5) is 0 Å². The molecule has 0 radical (unpaired) electrons. The van der Waals surface area contributed by atoms with E-state index >= 15 is 0 Å². The summed E-state index contributed by atoms with van der Waals surface area (Å²) < 4.78 is 5.21. The van der Waals surface area contributed by atoms with E-state index in [2.05, 4.69) is 9.88 Å². The number of carbonyl (C=O) groups is 2. The standard InChI is InChI=1S/C17H18N2O5/c20-16(21)12-4-1-3-11(7-12)13-5-2-6-19(8-13)9-15-18-14(10-24-15)17(22)23/h1,3-4,7,10,13H,2,5-6,8-9H2,(H,20,21)(H,22,23)/t13-/m1/s1. The average molecular weight is 330 g/mol. The summed E-state index contributed by atoms with van der Waals surface area (Å²) in [6.45, 7) is 2.08. The van der Waals surface area contributed by atoms with Crippen LogP contribution in [-0.4, -0.2) is 45.1 Å². The Morgan fingerprint density at radius 2 is 2.12 bits per heavy atom. The van der Waals surface area contributed by atoms with Crippen molar-refractivity contribution < 1.29 is 24.2 Å². The largest absolute Gasteiger partial charge is 0.478 e. The minimum Gasteiger partial charge on any atom is -0.478 e. The number of likely N-dealkylation sites (tertiary alicyclic amines) is 1.